The number of aryl methyl sites for hydroxylation is 1. The van der Waals surface area contributed by atoms with E-state index in [4.69, 9.17) is 33.0 Å². The zero-order valence-electron chi connectivity index (χ0n) is 7.07. The van der Waals surface area contributed by atoms with Crippen LogP contribution in [0.4, 0.5) is 0 Å². The molecule has 1 aromatic carbocycles. The summed E-state index contributed by atoms with van der Waals surface area (Å²) >= 11 is 11.4. The standard InChI is InChI=1S/C7H7Cl2O4P/c1-4-2-3-5(8)6(9)7(4)13-14(10,11)12/h2-3H,1H3,(H2,10,11,12). The van der Waals surface area contributed by atoms with Gasteiger partial charge in [0.25, 0.3) is 0 Å². The summed E-state index contributed by atoms with van der Waals surface area (Å²) in [7, 11) is -4.60. The highest BCUT2D eigenvalue weighted by Gasteiger charge is 2.20. The fraction of sp³-hybridized carbons (Fsp3) is 0.143. The van der Waals surface area contributed by atoms with E-state index in [9.17, 15) is 4.57 Å². The molecule has 0 aliphatic heterocycles. The van der Waals surface area contributed by atoms with Gasteiger partial charge in [0, 0.05) is 0 Å². The zero-order valence-corrected chi connectivity index (χ0v) is 9.48. The quantitative estimate of drug-likeness (QED) is 0.799. The van der Waals surface area contributed by atoms with E-state index in [1.54, 1.807) is 13.0 Å². The van der Waals surface area contributed by atoms with Crippen LogP contribution in [0.3, 0.4) is 0 Å². The maximum Gasteiger partial charge on any atom is 0.524 e. The van der Waals surface area contributed by atoms with Gasteiger partial charge in [-0.2, -0.15) is 0 Å². The molecule has 0 unspecified atom stereocenters. The van der Waals surface area contributed by atoms with E-state index >= 15 is 0 Å². The van der Waals surface area contributed by atoms with Crippen LogP contribution in [0.15, 0.2) is 12.1 Å². The van der Waals surface area contributed by atoms with Crippen LogP contribution in [0.1, 0.15) is 5.56 Å². The predicted molar refractivity (Wildman–Crippen MR) is 53.9 cm³/mol. The Morgan fingerprint density at radius 3 is 2.43 bits per heavy atom. The molecule has 0 saturated carbocycles. The first-order valence-corrected chi connectivity index (χ1v) is 5.79. The molecule has 7 heteroatoms. The van der Waals surface area contributed by atoms with Gasteiger partial charge < -0.3 is 4.52 Å². The topological polar surface area (TPSA) is 66.8 Å². The molecule has 2 N–H and O–H groups in total. The van der Waals surface area contributed by atoms with Crippen molar-refractivity contribution in [2.75, 3.05) is 0 Å². The van der Waals surface area contributed by atoms with E-state index in [0.29, 0.717) is 5.56 Å². The van der Waals surface area contributed by atoms with Crippen molar-refractivity contribution in [2.24, 2.45) is 0 Å². The molecule has 14 heavy (non-hydrogen) atoms. The van der Waals surface area contributed by atoms with Gasteiger partial charge in [-0.1, -0.05) is 29.3 Å². The summed E-state index contributed by atoms with van der Waals surface area (Å²) in [4.78, 5) is 17.2. The van der Waals surface area contributed by atoms with Gasteiger partial charge in [-0.05, 0) is 18.6 Å². The maximum absolute atomic E-state index is 10.6. The van der Waals surface area contributed by atoms with Crippen molar-refractivity contribution in [1.82, 2.24) is 0 Å². The van der Waals surface area contributed by atoms with Crippen molar-refractivity contribution in [3.63, 3.8) is 0 Å². The lowest BCUT2D eigenvalue weighted by molar-refractivity contribution is 0.282. The van der Waals surface area contributed by atoms with Crippen molar-refractivity contribution >= 4 is 31.0 Å². The van der Waals surface area contributed by atoms with E-state index in [2.05, 4.69) is 4.52 Å². The highest BCUT2D eigenvalue weighted by Crippen LogP contribution is 2.44. The minimum absolute atomic E-state index is 0.00464. The molecule has 0 aromatic heterocycles. The molecule has 0 radical (unpaired) electrons. The smallest absolute Gasteiger partial charge is 0.402 e. The molecule has 78 valence electrons. The Balaban J connectivity index is 3.20. The normalized spacial score (nSPS) is 11.5. The molecular formula is C7H7Cl2O4P. The van der Waals surface area contributed by atoms with Crippen LogP contribution in [0.5, 0.6) is 5.75 Å². The van der Waals surface area contributed by atoms with Gasteiger partial charge in [0.2, 0.25) is 0 Å². The number of rotatable bonds is 2. The van der Waals surface area contributed by atoms with Gasteiger partial charge in [0.05, 0.1) is 5.02 Å². The SMILES string of the molecule is Cc1ccc(Cl)c(Cl)c1OP(=O)(O)O. The summed E-state index contributed by atoms with van der Waals surface area (Å²) in [6.45, 7) is 1.60. The second-order valence-electron chi connectivity index (χ2n) is 2.59. The summed E-state index contributed by atoms with van der Waals surface area (Å²) in [6.07, 6.45) is 0. The molecule has 0 heterocycles. The van der Waals surface area contributed by atoms with Crippen LogP contribution in [-0.2, 0) is 4.57 Å². The Morgan fingerprint density at radius 1 is 1.36 bits per heavy atom. The minimum Gasteiger partial charge on any atom is -0.402 e. The summed E-state index contributed by atoms with van der Waals surface area (Å²) in [5.41, 5.74) is 0.503. The summed E-state index contributed by atoms with van der Waals surface area (Å²) in [5.74, 6) is -0.0903. The molecule has 1 rings (SSSR count). The van der Waals surface area contributed by atoms with Crippen molar-refractivity contribution in [3.8, 4) is 5.75 Å². The number of benzene rings is 1. The number of halogens is 2. The fourth-order valence-electron chi connectivity index (χ4n) is 0.860. The van der Waals surface area contributed by atoms with Crippen LogP contribution >= 0.6 is 31.0 Å². The molecule has 0 aliphatic carbocycles. The van der Waals surface area contributed by atoms with E-state index in [0.717, 1.165) is 0 Å². The second-order valence-corrected chi connectivity index (χ2v) is 4.54. The highest BCUT2D eigenvalue weighted by atomic mass is 35.5. The van der Waals surface area contributed by atoms with Gasteiger partial charge in [-0.3, -0.25) is 9.79 Å². The largest absolute Gasteiger partial charge is 0.524 e. The van der Waals surface area contributed by atoms with E-state index in [-0.39, 0.29) is 15.8 Å². The third-order valence-corrected chi connectivity index (χ3v) is 2.66. The lowest BCUT2D eigenvalue weighted by Crippen LogP contribution is -1.93. The first-order chi connectivity index (χ1) is 6.31. The van der Waals surface area contributed by atoms with Crippen molar-refractivity contribution < 1.29 is 18.9 Å². The van der Waals surface area contributed by atoms with Crippen molar-refractivity contribution in [2.45, 2.75) is 6.92 Å². The summed E-state index contributed by atoms with van der Waals surface area (Å²) in [5, 5.41) is 0.177. The van der Waals surface area contributed by atoms with Crippen molar-refractivity contribution in [1.29, 1.82) is 0 Å². The monoisotopic (exact) mass is 256 g/mol. The van der Waals surface area contributed by atoms with Crippen LogP contribution < -0.4 is 4.52 Å². The van der Waals surface area contributed by atoms with Gasteiger partial charge >= 0.3 is 7.82 Å². The molecule has 0 atom stereocenters. The van der Waals surface area contributed by atoms with Gasteiger partial charge in [-0.15, -0.1) is 0 Å². The Bertz CT molecular complexity index is 401. The predicted octanol–water partition coefficient (Wildman–Crippen LogP) is 2.77. The number of hydrogen-bond acceptors (Lipinski definition) is 2. The molecule has 0 fully saturated rings. The fourth-order valence-corrected chi connectivity index (χ4v) is 1.79. The first kappa shape index (κ1) is 11.8. The van der Waals surface area contributed by atoms with E-state index in [1.807, 2.05) is 0 Å². The summed E-state index contributed by atoms with van der Waals surface area (Å²) < 4.78 is 15.0. The van der Waals surface area contributed by atoms with Gasteiger partial charge in [-0.25, -0.2) is 4.57 Å². The number of phosphoric acid groups is 1. The van der Waals surface area contributed by atoms with E-state index in [1.165, 1.54) is 6.07 Å². The third-order valence-electron chi connectivity index (χ3n) is 1.46. The highest BCUT2D eigenvalue weighted by molar-refractivity contribution is 7.46. The number of hydrogen-bond donors (Lipinski definition) is 2. The maximum atomic E-state index is 10.6. The molecule has 4 nitrogen and oxygen atoms in total. The van der Waals surface area contributed by atoms with Crippen LogP contribution in [0.25, 0.3) is 0 Å². The molecule has 0 bridgehead atoms. The Kier molecular flexibility index (Phi) is 3.45. The van der Waals surface area contributed by atoms with E-state index < -0.39 is 7.82 Å². The Labute approximate surface area is 90.7 Å². The average Bonchev–Trinajstić information content (AvgIpc) is 2.04. The average molecular weight is 257 g/mol. The van der Waals surface area contributed by atoms with Gasteiger partial charge in [0.1, 0.15) is 5.02 Å². The number of phosphoric ester groups is 1. The molecule has 0 aliphatic rings. The lowest BCUT2D eigenvalue weighted by atomic mass is 10.2. The molecule has 0 amide bonds. The lowest BCUT2D eigenvalue weighted by Gasteiger charge is -2.11. The molecule has 0 saturated heterocycles. The minimum atomic E-state index is -4.60. The summed E-state index contributed by atoms with van der Waals surface area (Å²) in [6, 6.07) is 3.07. The molecular weight excluding hydrogens is 250 g/mol. The molecule has 1 aromatic rings. The van der Waals surface area contributed by atoms with Crippen LogP contribution in [-0.4, -0.2) is 9.79 Å². The first-order valence-electron chi connectivity index (χ1n) is 3.51. The van der Waals surface area contributed by atoms with Crippen LogP contribution in [0, 0.1) is 6.92 Å². The zero-order chi connectivity index (χ0) is 10.9. The Morgan fingerprint density at radius 2 is 1.93 bits per heavy atom. The Hall–Kier alpha value is -0.250. The van der Waals surface area contributed by atoms with Crippen LogP contribution in [0.2, 0.25) is 10.0 Å². The second kappa shape index (κ2) is 4.09. The third kappa shape index (κ3) is 2.87. The molecule has 0 spiro atoms. The van der Waals surface area contributed by atoms with Gasteiger partial charge in [0.15, 0.2) is 5.75 Å². The van der Waals surface area contributed by atoms with Crippen molar-refractivity contribution in [3.05, 3.63) is 27.7 Å².